The predicted octanol–water partition coefficient (Wildman–Crippen LogP) is 25.7. The van der Waals surface area contributed by atoms with Crippen molar-refractivity contribution < 1.29 is 116 Å². The second-order valence-corrected chi connectivity index (χ2v) is 42.1. The first kappa shape index (κ1) is 117. The van der Waals surface area contributed by atoms with E-state index >= 15 is 0 Å². The van der Waals surface area contributed by atoms with Crippen LogP contribution in [0.15, 0.2) is 255 Å². The van der Waals surface area contributed by atoms with Gasteiger partial charge in [-0.05, 0) is 258 Å². The number of aromatic hydroxyl groups is 1. The SMILES string of the molecule is CCC(C)(C)C(=O)OC(C)c1ccc(C)cc1.CCC(C)(C)C(=O)OC(C)c1ccccc1.CCC(C)(C)C(=O)OCCOC(=O)C(F)(F)S(=O)(=O)[O-].CCC(C)(C)C(=O)OCCOC(=O)C(F)(F)S(=O)(=O)[O-].CCC(C)c1ccc(O)cc1.CCC(C)c1ccccc1.OCCc1ccc(-[s+]2c3ccccc3c3ccccc32)cc1.OCCc1ccc(-[s+]2c3ccccc3c3ccccc32)cc1. The zero-order valence-electron chi connectivity index (χ0n) is 82.3. The lowest BCUT2D eigenvalue weighted by Crippen LogP contribution is -2.39. The van der Waals surface area contributed by atoms with Gasteiger partial charge in [-0.15, -0.1) is 0 Å². The van der Waals surface area contributed by atoms with E-state index in [9.17, 15) is 72.3 Å². The van der Waals surface area contributed by atoms with Crippen molar-refractivity contribution in [3.05, 3.63) is 294 Å². The summed E-state index contributed by atoms with van der Waals surface area (Å²) in [7, 11) is -12.3. The fraction of sp³-hybridized carbons (Fsp3) is 0.394. The second-order valence-electron chi connectivity index (χ2n) is 35.3. The number of hydrogen-bond acceptors (Lipinski definition) is 21. The van der Waals surface area contributed by atoms with Crippen LogP contribution in [0, 0.1) is 28.6 Å². The van der Waals surface area contributed by atoms with Crippen LogP contribution in [0.1, 0.15) is 226 Å². The number of fused-ring (bicyclic) bond motifs is 6. The molecule has 29 heteroatoms. The minimum atomic E-state index is -6.15. The Morgan fingerprint density at radius 2 is 0.587 bits per heavy atom. The molecular formula is C109H134F4O21S4. The van der Waals surface area contributed by atoms with Crippen LogP contribution in [0.25, 0.3) is 50.1 Å². The van der Waals surface area contributed by atoms with E-state index in [4.69, 9.17) is 24.8 Å². The fourth-order valence-corrected chi connectivity index (χ4v) is 17.6. The van der Waals surface area contributed by atoms with Crippen molar-refractivity contribution in [2.45, 2.75) is 217 Å². The van der Waals surface area contributed by atoms with Gasteiger partial charge in [0.2, 0.25) is 0 Å². The Labute approximate surface area is 816 Å². The molecular weight excluding hydrogens is 1850 g/mol. The van der Waals surface area contributed by atoms with E-state index < -0.39 is 103 Å². The lowest BCUT2D eigenvalue weighted by Gasteiger charge is -2.23. The van der Waals surface area contributed by atoms with Crippen molar-refractivity contribution in [1.29, 1.82) is 0 Å². The molecule has 0 aliphatic heterocycles. The van der Waals surface area contributed by atoms with E-state index in [0.717, 1.165) is 43.2 Å². The summed E-state index contributed by atoms with van der Waals surface area (Å²) in [6.45, 7) is 34.0. The summed E-state index contributed by atoms with van der Waals surface area (Å²) in [6.07, 6.45) is 5.96. The van der Waals surface area contributed by atoms with E-state index in [2.05, 4.69) is 223 Å². The van der Waals surface area contributed by atoms with Crippen LogP contribution in [0.4, 0.5) is 17.6 Å². The summed E-state index contributed by atoms with van der Waals surface area (Å²) in [5, 5.41) is 22.3. The molecule has 0 saturated heterocycles. The summed E-state index contributed by atoms with van der Waals surface area (Å²) in [5.41, 5.74) is 6.03. The molecule has 0 radical (unpaired) electrons. The number of phenols is 1. The number of thiophene rings is 2. The number of ether oxygens (including phenoxy) is 6. The molecule has 0 amide bonds. The molecule has 0 aliphatic carbocycles. The molecule has 748 valence electrons. The fourth-order valence-electron chi connectivity index (χ4n) is 12.3. The van der Waals surface area contributed by atoms with Gasteiger partial charge < -0.3 is 52.8 Å². The van der Waals surface area contributed by atoms with Crippen LogP contribution in [0.5, 0.6) is 5.75 Å². The molecule has 2 heterocycles. The Balaban J connectivity index is 0.000000282. The number of phenolic OH excluding ortho intramolecular Hbond substituents is 1. The monoisotopic (exact) mass is 1980 g/mol. The molecule has 2 aromatic heterocycles. The Kier molecular flexibility index (Phi) is 46.6. The summed E-state index contributed by atoms with van der Waals surface area (Å²) in [5.74, 6) is -4.87. The minimum absolute atomic E-state index is 0.0153. The Hall–Kier alpha value is -11.3. The number of esters is 6. The predicted molar refractivity (Wildman–Crippen MR) is 540 cm³/mol. The molecule has 3 N–H and O–H groups in total. The zero-order chi connectivity index (χ0) is 103. The van der Waals surface area contributed by atoms with Gasteiger partial charge in [-0.3, -0.25) is 19.2 Å². The van der Waals surface area contributed by atoms with E-state index in [1.807, 2.05) is 129 Å². The van der Waals surface area contributed by atoms with Gasteiger partial charge in [0.05, 0.1) is 21.7 Å². The van der Waals surface area contributed by atoms with Crippen molar-refractivity contribution >= 4 is 117 Å². The second kappa shape index (κ2) is 54.9. The van der Waals surface area contributed by atoms with Crippen molar-refractivity contribution in [3.63, 3.8) is 0 Å². The molecule has 138 heavy (non-hydrogen) atoms. The number of halogens is 4. The molecule has 12 rings (SSSR count). The topological polar surface area (TPSA) is 333 Å². The molecule has 4 atom stereocenters. The van der Waals surface area contributed by atoms with Crippen LogP contribution >= 0.6 is 20.9 Å². The maximum atomic E-state index is 12.7. The molecule has 0 bridgehead atoms. The number of benzene rings is 10. The Morgan fingerprint density at radius 3 is 0.862 bits per heavy atom. The van der Waals surface area contributed by atoms with Crippen LogP contribution in [0.3, 0.4) is 0 Å². The third-order valence-corrected chi connectivity index (χ3v) is 29.8. The number of carbonyl (C=O) groups excluding carboxylic acids is 6. The van der Waals surface area contributed by atoms with Crippen molar-refractivity contribution in [3.8, 4) is 15.5 Å². The van der Waals surface area contributed by atoms with Gasteiger partial charge in [0.1, 0.15) is 44.4 Å². The molecule has 10 aromatic carbocycles. The van der Waals surface area contributed by atoms with Crippen LogP contribution in [-0.4, -0.2) is 127 Å². The summed E-state index contributed by atoms with van der Waals surface area (Å²) in [6, 6.07) is 88.2. The van der Waals surface area contributed by atoms with Gasteiger partial charge in [-0.25, -0.2) is 26.4 Å². The van der Waals surface area contributed by atoms with Crippen LogP contribution in [-0.2, 0) is 90.3 Å². The first-order valence-corrected chi connectivity index (χ1v) is 51.1. The average Bonchev–Trinajstić information content (AvgIpc) is 1.60. The number of alkyl halides is 4. The highest BCUT2D eigenvalue weighted by Crippen LogP contribution is 2.50. The standard InChI is InChI=1S/2C20H17OS.C15H22O2.C14H20O2.2C10H16F2O7S.C10H14O.C10H14/c2*21-14-13-15-9-11-16(12-10-15)22-19-7-3-1-5-17(19)18-6-2-4-8-20(18)22;1-6-15(4,5)14(16)17-12(3)13-9-7-11(2)8-10-13;1-5-14(3,4)13(15)16-11(2)12-9-7-6-8-10-12;2*1-4-9(2,3)7(13)18-5-6-19-8(14)10(11,12)20(15,16)17;1-3-8(2)9-4-6-10(11)7-5-9;1-3-9(2)10-7-5-4-6-8-10/h2*1-12,21H,13-14H2;7-10,12H,6H2,1-5H3;6-11H,5H2,1-4H3;2*4-6H2,1-3H3,(H,15,16,17);4-8,11H,3H2,1-2H3;4-9H,3H2,1-2H3/q2*+1;;;;;;/p-2. The highest BCUT2D eigenvalue weighted by Gasteiger charge is 2.50. The highest BCUT2D eigenvalue weighted by atomic mass is 32.2. The number of aliphatic hydroxyl groups is 2. The minimum Gasteiger partial charge on any atom is -0.743 e. The summed E-state index contributed by atoms with van der Waals surface area (Å²) >= 11 is 0. The molecule has 0 aliphatic rings. The van der Waals surface area contributed by atoms with Crippen LogP contribution < -0.4 is 0 Å². The van der Waals surface area contributed by atoms with E-state index in [1.54, 1.807) is 53.7 Å². The van der Waals surface area contributed by atoms with E-state index in [1.165, 1.54) is 84.4 Å². The zero-order valence-corrected chi connectivity index (χ0v) is 85.6. The van der Waals surface area contributed by atoms with E-state index in [0.29, 0.717) is 30.4 Å². The Bertz CT molecular complexity index is 5710. The van der Waals surface area contributed by atoms with Gasteiger partial charge in [0.15, 0.2) is 48.8 Å². The maximum Gasteiger partial charge on any atom is 0.428 e. The van der Waals surface area contributed by atoms with Crippen molar-refractivity contribution in [1.82, 2.24) is 0 Å². The quantitative estimate of drug-likeness (QED) is 0.00880. The molecule has 21 nitrogen and oxygen atoms in total. The molecule has 0 saturated carbocycles. The largest absolute Gasteiger partial charge is 0.743 e. The van der Waals surface area contributed by atoms with Gasteiger partial charge in [-0.2, -0.15) is 17.6 Å². The number of hydrogen-bond donors (Lipinski definition) is 3. The van der Waals surface area contributed by atoms with Crippen LogP contribution in [0.2, 0.25) is 0 Å². The number of aliphatic hydroxyl groups excluding tert-OH is 2. The first-order valence-electron chi connectivity index (χ1n) is 45.9. The van der Waals surface area contributed by atoms with Gasteiger partial charge >= 0.3 is 46.3 Å². The third kappa shape index (κ3) is 34.7. The number of aryl methyl sites for hydroxylation is 1. The lowest BCUT2D eigenvalue weighted by atomic mass is 9.90. The normalized spacial score (nSPS) is 12.5. The van der Waals surface area contributed by atoms with Crippen molar-refractivity contribution in [2.24, 2.45) is 21.7 Å². The van der Waals surface area contributed by atoms with Crippen molar-refractivity contribution in [2.75, 3.05) is 39.6 Å². The molecule has 12 aromatic rings. The molecule has 4 unspecified atom stereocenters. The maximum absolute atomic E-state index is 12.7. The van der Waals surface area contributed by atoms with E-state index in [-0.39, 0.29) is 58.3 Å². The number of rotatable bonds is 32. The third-order valence-electron chi connectivity index (χ3n) is 23.5. The summed E-state index contributed by atoms with van der Waals surface area (Å²) in [4.78, 5) is 70.8. The van der Waals surface area contributed by atoms with Gasteiger partial charge in [-0.1, -0.05) is 231 Å². The molecule has 0 fully saturated rings. The first-order chi connectivity index (χ1) is 64.9. The van der Waals surface area contributed by atoms with Gasteiger partial charge in [0.25, 0.3) is 0 Å². The molecule has 0 spiro atoms. The van der Waals surface area contributed by atoms with Gasteiger partial charge in [0, 0.05) is 55.7 Å². The summed E-state index contributed by atoms with van der Waals surface area (Å²) < 4.78 is 145. The smallest absolute Gasteiger partial charge is 0.428 e. The average molecular weight is 1980 g/mol. The number of carbonyl (C=O) groups is 6. The highest BCUT2D eigenvalue weighted by molar-refractivity contribution is 7.87. The lowest BCUT2D eigenvalue weighted by molar-refractivity contribution is -0.167. The Morgan fingerprint density at radius 1 is 0.341 bits per heavy atom.